The molecule has 0 aromatic heterocycles. The van der Waals surface area contributed by atoms with Gasteiger partial charge in [0.1, 0.15) is 17.6 Å². The second-order valence-corrected chi connectivity index (χ2v) is 10.0. The van der Waals surface area contributed by atoms with Crippen LogP contribution in [0, 0.1) is 12.7 Å². The molecule has 2 aromatic carbocycles. The van der Waals surface area contributed by atoms with Crippen LogP contribution in [0.15, 0.2) is 35.2 Å². The van der Waals surface area contributed by atoms with Crippen molar-refractivity contribution in [3.63, 3.8) is 0 Å². The lowest BCUT2D eigenvalue weighted by atomic mass is 10.1. The van der Waals surface area contributed by atoms with Gasteiger partial charge in [-0.2, -0.15) is 4.31 Å². The van der Waals surface area contributed by atoms with Gasteiger partial charge in [0.25, 0.3) is 5.91 Å². The van der Waals surface area contributed by atoms with Gasteiger partial charge in [0, 0.05) is 18.3 Å². The fraction of sp³-hybridized carbons (Fsp3) is 0.333. The first-order valence-corrected chi connectivity index (χ1v) is 11.8. The van der Waals surface area contributed by atoms with Crippen molar-refractivity contribution in [3.05, 3.63) is 46.7 Å². The molecule has 32 heavy (non-hydrogen) atoms. The molecule has 0 unspecified atom stereocenters. The molecule has 0 bridgehead atoms. The summed E-state index contributed by atoms with van der Waals surface area (Å²) in [4.78, 5) is 24.7. The molecule has 2 N–H and O–H groups in total. The summed E-state index contributed by atoms with van der Waals surface area (Å²) in [5.41, 5.74) is 1.08. The van der Waals surface area contributed by atoms with Gasteiger partial charge in [-0.05, 0) is 56.5 Å². The zero-order chi connectivity index (χ0) is 23.2. The lowest BCUT2D eigenvalue weighted by Crippen LogP contribution is -2.43. The highest BCUT2D eigenvalue weighted by Gasteiger charge is 2.41. The lowest BCUT2D eigenvalue weighted by Gasteiger charge is -2.27. The Kier molecular flexibility index (Phi) is 5.87. The van der Waals surface area contributed by atoms with E-state index in [9.17, 15) is 22.4 Å². The van der Waals surface area contributed by atoms with E-state index in [4.69, 9.17) is 16.3 Å². The predicted octanol–water partition coefficient (Wildman–Crippen LogP) is 3.30. The first-order valence-electron chi connectivity index (χ1n) is 9.98. The molecule has 8 nitrogen and oxygen atoms in total. The van der Waals surface area contributed by atoms with E-state index in [2.05, 4.69) is 10.6 Å². The van der Waals surface area contributed by atoms with Gasteiger partial charge in [-0.1, -0.05) is 11.6 Å². The number of carbonyl (C=O) groups is 2. The van der Waals surface area contributed by atoms with Crippen molar-refractivity contribution < 1.29 is 27.1 Å². The number of rotatable bonds is 4. The van der Waals surface area contributed by atoms with E-state index in [1.165, 1.54) is 24.3 Å². The summed E-state index contributed by atoms with van der Waals surface area (Å²) < 4.78 is 47.1. The topological polar surface area (TPSA) is 105 Å². The molecular formula is C21H21ClFN3O5S. The molecule has 0 spiro atoms. The minimum atomic E-state index is -4.04. The number of hydrogen-bond donors (Lipinski definition) is 2. The molecule has 2 aliphatic rings. The molecule has 2 aromatic rings. The minimum absolute atomic E-state index is 0.00382. The van der Waals surface area contributed by atoms with E-state index < -0.39 is 33.9 Å². The van der Waals surface area contributed by atoms with E-state index in [-0.39, 0.29) is 33.8 Å². The molecule has 2 amide bonds. The number of nitrogens with one attached hydrogen (secondary N) is 2. The Morgan fingerprint density at radius 2 is 2.06 bits per heavy atom. The fourth-order valence-electron chi connectivity index (χ4n) is 3.84. The zero-order valence-electron chi connectivity index (χ0n) is 17.3. The van der Waals surface area contributed by atoms with Gasteiger partial charge in [0.15, 0.2) is 6.10 Å². The van der Waals surface area contributed by atoms with Crippen molar-refractivity contribution in [1.82, 2.24) is 4.31 Å². The molecule has 1 fully saturated rings. The second-order valence-electron chi connectivity index (χ2n) is 7.76. The third kappa shape index (κ3) is 4.05. The molecule has 2 aliphatic heterocycles. The monoisotopic (exact) mass is 481 g/mol. The summed E-state index contributed by atoms with van der Waals surface area (Å²) in [5, 5.41) is 5.15. The first-order chi connectivity index (χ1) is 15.1. The Bertz CT molecular complexity index is 1220. The maximum atomic E-state index is 13.5. The number of fused-ring (bicyclic) bond motifs is 1. The zero-order valence-corrected chi connectivity index (χ0v) is 18.9. The number of carbonyl (C=O) groups excluding carboxylic acids is 2. The number of anilines is 2. The highest BCUT2D eigenvalue weighted by molar-refractivity contribution is 7.89. The van der Waals surface area contributed by atoms with Crippen LogP contribution >= 0.6 is 11.6 Å². The van der Waals surface area contributed by atoms with Gasteiger partial charge < -0.3 is 15.4 Å². The molecule has 0 saturated carbocycles. The molecule has 2 atom stereocenters. The largest absolute Gasteiger partial charge is 0.479 e. The quantitative estimate of drug-likeness (QED) is 0.697. The highest BCUT2D eigenvalue weighted by Crippen LogP contribution is 2.37. The van der Waals surface area contributed by atoms with Crippen molar-refractivity contribution in [3.8, 4) is 5.75 Å². The Morgan fingerprint density at radius 1 is 1.31 bits per heavy atom. The van der Waals surface area contributed by atoms with Crippen molar-refractivity contribution in [1.29, 1.82) is 0 Å². The Hall–Kier alpha value is -2.69. The van der Waals surface area contributed by atoms with Crippen LogP contribution in [0.2, 0.25) is 5.02 Å². The summed E-state index contributed by atoms with van der Waals surface area (Å²) in [6.07, 6.45) is 0.0939. The third-order valence-electron chi connectivity index (χ3n) is 5.49. The number of hydrogen-bond acceptors (Lipinski definition) is 5. The van der Waals surface area contributed by atoms with Gasteiger partial charge in [0.2, 0.25) is 15.9 Å². The van der Waals surface area contributed by atoms with E-state index in [1.54, 1.807) is 13.8 Å². The van der Waals surface area contributed by atoms with Crippen LogP contribution in [0.4, 0.5) is 15.8 Å². The van der Waals surface area contributed by atoms with Gasteiger partial charge >= 0.3 is 0 Å². The van der Waals surface area contributed by atoms with E-state index in [0.717, 1.165) is 10.4 Å². The standard InChI is InChI=1S/C21H21ClFN3O5S/c1-11-8-16-18(31-12(2)20(27)25-16)10-19(11)32(29,30)26-7-3-4-17(26)21(28)24-13-5-6-15(23)14(22)9-13/h5-6,8-10,12,17H,3-4,7H2,1-2H3,(H,24,28)(H,25,27)/t12-,17-/m1/s1. The van der Waals surface area contributed by atoms with Gasteiger partial charge in [0.05, 0.1) is 15.6 Å². The van der Waals surface area contributed by atoms with Crippen LogP contribution in [0.25, 0.3) is 0 Å². The maximum absolute atomic E-state index is 13.5. The van der Waals surface area contributed by atoms with Crippen LogP contribution < -0.4 is 15.4 Å². The predicted molar refractivity (Wildman–Crippen MR) is 117 cm³/mol. The highest BCUT2D eigenvalue weighted by atomic mass is 35.5. The van der Waals surface area contributed by atoms with Crippen LogP contribution in [0.1, 0.15) is 25.3 Å². The van der Waals surface area contributed by atoms with Crippen LogP contribution in [-0.4, -0.2) is 43.2 Å². The van der Waals surface area contributed by atoms with E-state index in [0.29, 0.717) is 24.1 Å². The minimum Gasteiger partial charge on any atom is -0.479 e. The van der Waals surface area contributed by atoms with Crippen LogP contribution in [0.5, 0.6) is 5.75 Å². The average molecular weight is 482 g/mol. The Morgan fingerprint density at radius 3 is 2.78 bits per heavy atom. The molecule has 170 valence electrons. The Balaban J connectivity index is 1.62. The summed E-state index contributed by atoms with van der Waals surface area (Å²) in [6, 6.07) is 5.73. The van der Waals surface area contributed by atoms with Gasteiger partial charge in [-0.25, -0.2) is 12.8 Å². The number of nitrogens with zero attached hydrogens (tertiary/aromatic N) is 1. The average Bonchev–Trinajstić information content (AvgIpc) is 3.22. The number of amides is 2. The normalized spacial score (nSPS) is 20.9. The molecule has 4 rings (SSSR count). The molecular weight excluding hydrogens is 461 g/mol. The molecule has 0 radical (unpaired) electrons. The van der Waals surface area contributed by atoms with Gasteiger partial charge in [-0.3, -0.25) is 9.59 Å². The fourth-order valence-corrected chi connectivity index (χ4v) is 5.90. The molecule has 2 heterocycles. The van der Waals surface area contributed by atoms with E-state index in [1.807, 2.05) is 0 Å². The number of aryl methyl sites for hydroxylation is 1. The number of ether oxygens (including phenoxy) is 1. The number of benzene rings is 2. The van der Waals surface area contributed by atoms with E-state index >= 15 is 0 Å². The lowest BCUT2D eigenvalue weighted by molar-refractivity contribution is -0.122. The van der Waals surface area contributed by atoms with Crippen molar-refractivity contribution in [2.45, 2.75) is 43.7 Å². The second kappa shape index (κ2) is 8.34. The summed E-state index contributed by atoms with van der Waals surface area (Å²) in [7, 11) is -4.04. The SMILES string of the molecule is Cc1cc2c(cc1S(=O)(=O)N1CCC[C@@H]1C(=O)Nc1ccc(F)c(Cl)c1)O[C@H](C)C(=O)N2. The third-order valence-corrected chi connectivity index (χ3v) is 7.83. The molecule has 11 heteroatoms. The summed E-state index contributed by atoms with van der Waals surface area (Å²) >= 11 is 5.76. The van der Waals surface area contributed by atoms with Crippen molar-refractivity contribution >= 4 is 44.8 Å². The van der Waals surface area contributed by atoms with Crippen molar-refractivity contribution in [2.24, 2.45) is 0 Å². The number of halogens is 2. The maximum Gasteiger partial charge on any atom is 0.265 e. The Labute approximate surface area is 189 Å². The molecule has 0 aliphatic carbocycles. The summed E-state index contributed by atoms with van der Waals surface area (Å²) in [5.74, 6) is -1.21. The van der Waals surface area contributed by atoms with Crippen LogP contribution in [-0.2, 0) is 19.6 Å². The van der Waals surface area contributed by atoms with Crippen molar-refractivity contribution in [2.75, 3.05) is 17.2 Å². The first kappa shape index (κ1) is 22.5. The molecule has 1 saturated heterocycles. The van der Waals surface area contributed by atoms with Crippen LogP contribution in [0.3, 0.4) is 0 Å². The van der Waals surface area contributed by atoms with Gasteiger partial charge in [-0.15, -0.1) is 0 Å². The smallest absolute Gasteiger partial charge is 0.265 e. The number of sulfonamides is 1. The summed E-state index contributed by atoms with van der Waals surface area (Å²) in [6.45, 7) is 3.35.